The highest BCUT2D eigenvalue weighted by molar-refractivity contribution is 5.67. The fourth-order valence-corrected chi connectivity index (χ4v) is 0.506. The summed E-state index contributed by atoms with van der Waals surface area (Å²) in [5.41, 5.74) is 0.546. The number of carbonyl (C=O) groups excluding carboxylic acids is 2. The number of nitrogens with zero attached hydrogens (tertiary/aromatic N) is 1. The van der Waals surface area contributed by atoms with Crippen molar-refractivity contribution in [3.8, 4) is 0 Å². The molecule has 0 saturated carbocycles. The molecule has 0 bridgehead atoms. The predicted molar refractivity (Wildman–Crippen MR) is 36.8 cm³/mol. The highest BCUT2D eigenvalue weighted by Crippen LogP contribution is 1.98. The first-order chi connectivity index (χ1) is 4.63. The van der Waals surface area contributed by atoms with Crippen LogP contribution in [0.2, 0.25) is 0 Å². The lowest BCUT2D eigenvalue weighted by molar-refractivity contribution is -0.124. The lowest BCUT2D eigenvalue weighted by atomic mass is 10.2. The number of carbonyl (C=O) groups is 2. The number of hydrogen-bond donors (Lipinski definition) is 1. The maximum Gasteiger partial charge on any atom is 0.224 e. The molecule has 0 radical (unpaired) electrons. The van der Waals surface area contributed by atoms with Crippen molar-refractivity contribution in [1.29, 1.82) is 0 Å². The molecule has 0 spiro atoms. The van der Waals surface area contributed by atoms with Crippen molar-refractivity contribution in [2.24, 2.45) is 5.84 Å². The number of hydrogen-bond acceptors (Lipinski definition) is 3. The number of nitrogens with two attached hydrogens (primary N) is 1. The summed E-state index contributed by atoms with van der Waals surface area (Å²) in [6.07, 6.45) is 0.949. The first-order valence-electron chi connectivity index (χ1n) is 2.72. The Morgan fingerprint density at radius 3 is 2.30 bits per heavy atom. The van der Waals surface area contributed by atoms with Crippen LogP contribution in [0.1, 0.15) is 6.92 Å². The highest BCUT2D eigenvalue weighted by atomic mass is 16.1. The zero-order valence-corrected chi connectivity index (χ0v) is 5.78. The van der Waals surface area contributed by atoms with Gasteiger partial charge in [0, 0.05) is 0 Å². The molecule has 4 nitrogen and oxygen atoms in total. The summed E-state index contributed by atoms with van der Waals surface area (Å²) in [6, 6.07) is -0.697. The van der Waals surface area contributed by atoms with Crippen molar-refractivity contribution in [3.05, 3.63) is 12.2 Å². The molecule has 0 fully saturated rings. The van der Waals surface area contributed by atoms with E-state index in [1.165, 1.54) is 0 Å². The Labute approximate surface area is 59.3 Å². The molecule has 1 amide bonds. The molecule has 0 rings (SSSR count). The van der Waals surface area contributed by atoms with Gasteiger partial charge in [-0.3, -0.25) is 9.80 Å². The fraction of sp³-hybridized carbons (Fsp3) is 0.333. The molecule has 0 saturated heterocycles. The van der Waals surface area contributed by atoms with Crippen LogP contribution in [0.5, 0.6) is 0 Å². The van der Waals surface area contributed by atoms with Crippen LogP contribution < -0.4 is 5.84 Å². The number of aldehydes is 1. The van der Waals surface area contributed by atoms with Crippen LogP contribution >= 0.6 is 0 Å². The van der Waals surface area contributed by atoms with E-state index in [-0.39, 0.29) is 0 Å². The second-order valence-electron chi connectivity index (χ2n) is 1.98. The summed E-state index contributed by atoms with van der Waals surface area (Å²) in [5, 5.41) is 0.773. The van der Waals surface area contributed by atoms with Crippen LogP contribution in [-0.4, -0.2) is 23.7 Å². The number of rotatable bonds is 4. The number of hydrazine groups is 1. The van der Waals surface area contributed by atoms with Gasteiger partial charge in [0.05, 0.1) is 0 Å². The molecule has 1 atom stereocenters. The maximum atomic E-state index is 10.2. The zero-order chi connectivity index (χ0) is 8.15. The molecule has 0 aliphatic carbocycles. The molecule has 0 aliphatic rings. The molecule has 0 heterocycles. The predicted octanol–water partition coefficient (Wildman–Crippen LogP) is -0.538. The normalized spacial score (nSPS) is 11.8. The minimum atomic E-state index is -0.697. The SMILES string of the molecule is C=C(C)C(C=O)N(N)C=O. The lowest BCUT2D eigenvalue weighted by Gasteiger charge is -2.17. The summed E-state index contributed by atoms with van der Waals surface area (Å²) in [6.45, 7) is 5.11. The molecule has 56 valence electrons. The molecule has 0 aromatic carbocycles. The Morgan fingerprint density at radius 2 is 2.20 bits per heavy atom. The fourth-order valence-electron chi connectivity index (χ4n) is 0.506. The topological polar surface area (TPSA) is 63.4 Å². The van der Waals surface area contributed by atoms with E-state index in [1.54, 1.807) is 6.92 Å². The smallest absolute Gasteiger partial charge is 0.224 e. The maximum absolute atomic E-state index is 10.2. The average Bonchev–Trinajstić information content (AvgIpc) is 1.88. The molecular weight excluding hydrogens is 132 g/mol. The van der Waals surface area contributed by atoms with Crippen LogP contribution in [0.4, 0.5) is 0 Å². The standard InChI is InChI=1S/C6H10N2O2/c1-5(2)6(3-9)8(7)4-10/h3-4,6H,1,7H2,2H3. The van der Waals surface area contributed by atoms with Crippen LogP contribution in [0.3, 0.4) is 0 Å². The van der Waals surface area contributed by atoms with Crippen LogP contribution in [0, 0.1) is 0 Å². The van der Waals surface area contributed by atoms with Crippen LogP contribution in [0.25, 0.3) is 0 Å². The summed E-state index contributed by atoms with van der Waals surface area (Å²) in [7, 11) is 0. The van der Waals surface area contributed by atoms with Crippen LogP contribution in [-0.2, 0) is 9.59 Å². The van der Waals surface area contributed by atoms with Gasteiger partial charge in [-0.1, -0.05) is 6.58 Å². The van der Waals surface area contributed by atoms with Crippen molar-refractivity contribution in [2.45, 2.75) is 13.0 Å². The van der Waals surface area contributed by atoms with Crippen molar-refractivity contribution in [3.63, 3.8) is 0 Å². The summed E-state index contributed by atoms with van der Waals surface area (Å²) < 4.78 is 0. The first-order valence-corrected chi connectivity index (χ1v) is 2.72. The second-order valence-corrected chi connectivity index (χ2v) is 1.98. The van der Waals surface area contributed by atoms with Crippen molar-refractivity contribution < 1.29 is 9.59 Å². The van der Waals surface area contributed by atoms with Gasteiger partial charge < -0.3 is 4.79 Å². The van der Waals surface area contributed by atoms with E-state index in [1.807, 2.05) is 0 Å². The van der Waals surface area contributed by atoms with Gasteiger partial charge >= 0.3 is 0 Å². The van der Waals surface area contributed by atoms with E-state index in [4.69, 9.17) is 5.84 Å². The Morgan fingerprint density at radius 1 is 1.70 bits per heavy atom. The van der Waals surface area contributed by atoms with Crippen molar-refractivity contribution >= 4 is 12.7 Å². The molecule has 0 aromatic heterocycles. The van der Waals surface area contributed by atoms with E-state index in [0.717, 1.165) is 5.01 Å². The van der Waals surface area contributed by atoms with E-state index >= 15 is 0 Å². The van der Waals surface area contributed by atoms with E-state index < -0.39 is 6.04 Å². The van der Waals surface area contributed by atoms with Gasteiger partial charge in [-0.2, -0.15) is 0 Å². The molecule has 0 aromatic rings. The molecule has 1 unspecified atom stereocenters. The molecule has 0 aliphatic heterocycles. The highest BCUT2D eigenvalue weighted by Gasteiger charge is 2.11. The third-order valence-corrected chi connectivity index (χ3v) is 1.08. The van der Waals surface area contributed by atoms with Crippen molar-refractivity contribution in [1.82, 2.24) is 5.01 Å². The number of amides is 1. The van der Waals surface area contributed by atoms with Gasteiger partial charge in [0.1, 0.15) is 12.3 Å². The summed E-state index contributed by atoms with van der Waals surface area (Å²) in [4.78, 5) is 20.2. The molecule has 2 N–H and O–H groups in total. The minimum Gasteiger partial charge on any atom is -0.301 e. The first kappa shape index (κ1) is 8.84. The third kappa shape index (κ3) is 1.99. The molecule has 4 heteroatoms. The van der Waals surface area contributed by atoms with Gasteiger partial charge in [0.25, 0.3) is 0 Å². The van der Waals surface area contributed by atoms with Gasteiger partial charge in [-0.25, -0.2) is 5.84 Å². The largest absolute Gasteiger partial charge is 0.301 e. The van der Waals surface area contributed by atoms with Crippen LogP contribution in [0.15, 0.2) is 12.2 Å². The Bertz CT molecular complexity index is 156. The molecular formula is C6H10N2O2. The minimum absolute atomic E-state index is 0.383. The average molecular weight is 142 g/mol. The van der Waals surface area contributed by atoms with Gasteiger partial charge in [0.2, 0.25) is 6.41 Å². The lowest BCUT2D eigenvalue weighted by Crippen LogP contribution is -2.41. The zero-order valence-electron chi connectivity index (χ0n) is 5.78. The van der Waals surface area contributed by atoms with Crippen molar-refractivity contribution in [2.75, 3.05) is 0 Å². The monoisotopic (exact) mass is 142 g/mol. The van der Waals surface area contributed by atoms with E-state index in [9.17, 15) is 9.59 Å². The Balaban J connectivity index is 4.19. The van der Waals surface area contributed by atoms with E-state index in [2.05, 4.69) is 6.58 Å². The Kier molecular flexibility index (Phi) is 3.35. The molecule has 10 heavy (non-hydrogen) atoms. The second kappa shape index (κ2) is 3.79. The van der Waals surface area contributed by atoms with Gasteiger partial charge in [-0.05, 0) is 12.5 Å². The third-order valence-electron chi connectivity index (χ3n) is 1.08. The Hall–Kier alpha value is -1.16. The van der Waals surface area contributed by atoms with Gasteiger partial charge in [0.15, 0.2) is 0 Å². The van der Waals surface area contributed by atoms with E-state index in [0.29, 0.717) is 18.3 Å². The summed E-state index contributed by atoms with van der Waals surface area (Å²) >= 11 is 0. The van der Waals surface area contributed by atoms with Gasteiger partial charge in [-0.15, -0.1) is 0 Å². The quantitative estimate of drug-likeness (QED) is 0.188. The summed E-state index contributed by atoms with van der Waals surface area (Å²) in [5.74, 6) is 5.10.